The predicted octanol–water partition coefficient (Wildman–Crippen LogP) is 4.71. The molecule has 0 amide bonds. The molecule has 4 atom stereocenters. The lowest BCUT2D eigenvalue weighted by atomic mass is 9.96. The number of rotatable bonds is 6. The number of aliphatic hydroxyl groups is 1. The number of ketones is 1. The highest BCUT2D eigenvalue weighted by molar-refractivity contribution is 7.18. The number of carbonyl (C=O) groups is 1. The summed E-state index contributed by atoms with van der Waals surface area (Å²) in [6.45, 7) is 6.14. The van der Waals surface area contributed by atoms with Crippen LogP contribution in [0.2, 0.25) is 4.34 Å². The molecule has 1 aliphatic carbocycles. The molecule has 1 aliphatic rings. The van der Waals surface area contributed by atoms with Crippen LogP contribution in [-0.4, -0.2) is 26.9 Å². The maximum absolute atomic E-state index is 13.0. The average molecular weight is 394 g/mol. The molecule has 0 aromatic carbocycles. The molecule has 0 saturated heterocycles. The van der Waals surface area contributed by atoms with Crippen LogP contribution in [0.4, 0.5) is 5.82 Å². The maximum atomic E-state index is 13.0. The highest BCUT2D eigenvalue weighted by Gasteiger charge is 2.31. The van der Waals surface area contributed by atoms with Gasteiger partial charge in [-0.05, 0) is 37.7 Å². The van der Waals surface area contributed by atoms with Gasteiger partial charge in [-0.3, -0.25) is 4.79 Å². The third kappa shape index (κ3) is 3.92. The van der Waals surface area contributed by atoms with E-state index < -0.39 is 6.10 Å². The number of aromatic nitrogens is 2. The van der Waals surface area contributed by atoms with Gasteiger partial charge < -0.3 is 10.4 Å². The smallest absolute Gasteiger partial charge is 0.208 e. The number of thiophene rings is 1. The van der Waals surface area contributed by atoms with Gasteiger partial charge in [-0.2, -0.15) is 0 Å². The van der Waals surface area contributed by atoms with Crippen LogP contribution in [0.3, 0.4) is 0 Å². The fourth-order valence-electron chi connectivity index (χ4n) is 3.74. The number of hydrogen-bond acceptors (Lipinski definition) is 6. The van der Waals surface area contributed by atoms with Gasteiger partial charge in [0.25, 0.3) is 0 Å². The van der Waals surface area contributed by atoms with Crippen LogP contribution >= 0.6 is 22.9 Å². The summed E-state index contributed by atoms with van der Waals surface area (Å²) in [5.74, 6) is 1.77. The van der Waals surface area contributed by atoms with Gasteiger partial charge in [-0.1, -0.05) is 31.9 Å². The first kappa shape index (κ1) is 19.3. The minimum absolute atomic E-state index is 0.176. The first-order valence-corrected chi connectivity index (χ1v) is 10.2. The van der Waals surface area contributed by atoms with Gasteiger partial charge in [0.2, 0.25) is 5.78 Å². The van der Waals surface area contributed by atoms with Gasteiger partial charge in [0.1, 0.15) is 12.1 Å². The largest absolute Gasteiger partial charge is 0.389 e. The molecular weight excluding hydrogens is 370 g/mol. The van der Waals surface area contributed by atoms with E-state index in [1.54, 1.807) is 19.2 Å². The first-order chi connectivity index (χ1) is 12.4. The lowest BCUT2D eigenvalue weighted by molar-refractivity contribution is 0.104. The minimum Gasteiger partial charge on any atom is -0.389 e. The number of nitrogens with zero attached hydrogens (tertiary/aromatic N) is 2. The second-order valence-electron chi connectivity index (χ2n) is 7.09. The zero-order chi connectivity index (χ0) is 18.8. The minimum atomic E-state index is -0.712. The van der Waals surface area contributed by atoms with Crippen molar-refractivity contribution >= 4 is 34.5 Å². The van der Waals surface area contributed by atoms with E-state index in [0.29, 0.717) is 44.0 Å². The molecule has 140 valence electrons. The van der Waals surface area contributed by atoms with Crippen LogP contribution in [-0.2, 0) is 0 Å². The van der Waals surface area contributed by atoms with Crippen molar-refractivity contribution in [1.82, 2.24) is 9.97 Å². The Kier molecular flexibility index (Phi) is 5.95. The molecule has 2 heterocycles. The van der Waals surface area contributed by atoms with Gasteiger partial charge in [-0.25, -0.2) is 9.97 Å². The van der Waals surface area contributed by atoms with Crippen LogP contribution < -0.4 is 5.32 Å². The number of anilines is 1. The Labute approximate surface area is 162 Å². The number of nitrogens with one attached hydrogen (secondary N) is 1. The molecule has 1 saturated carbocycles. The van der Waals surface area contributed by atoms with Crippen molar-refractivity contribution in [3.8, 4) is 0 Å². The fraction of sp³-hybridized carbons (Fsp3) is 0.526. The van der Waals surface area contributed by atoms with Crippen LogP contribution in [0, 0.1) is 11.8 Å². The van der Waals surface area contributed by atoms with Crippen molar-refractivity contribution < 1.29 is 9.90 Å². The summed E-state index contributed by atoms with van der Waals surface area (Å²) in [5.41, 5.74) is 1.01. The molecule has 5 nitrogen and oxygen atoms in total. The highest BCUT2D eigenvalue weighted by Crippen LogP contribution is 2.37. The van der Waals surface area contributed by atoms with Gasteiger partial charge in [0, 0.05) is 17.8 Å². The van der Waals surface area contributed by atoms with E-state index in [0.717, 1.165) is 12.8 Å². The second kappa shape index (κ2) is 8.03. The normalized spacial score (nSPS) is 23.8. The molecule has 1 unspecified atom stereocenters. The Hall–Kier alpha value is -1.50. The van der Waals surface area contributed by atoms with E-state index in [2.05, 4.69) is 29.1 Å². The zero-order valence-corrected chi connectivity index (χ0v) is 16.8. The summed E-state index contributed by atoms with van der Waals surface area (Å²) >= 11 is 7.33. The first-order valence-electron chi connectivity index (χ1n) is 8.99. The average Bonchev–Trinajstić information content (AvgIpc) is 3.17. The van der Waals surface area contributed by atoms with Crippen LogP contribution in [0.1, 0.15) is 66.9 Å². The molecular formula is C19H24ClN3O2S. The van der Waals surface area contributed by atoms with E-state index in [1.165, 1.54) is 24.1 Å². The third-order valence-electron chi connectivity index (χ3n) is 5.26. The van der Waals surface area contributed by atoms with Crippen LogP contribution in [0.25, 0.3) is 0 Å². The lowest BCUT2D eigenvalue weighted by Gasteiger charge is -2.15. The van der Waals surface area contributed by atoms with Gasteiger partial charge in [0.05, 0.1) is 20.9 Å². The van der Waals surface area contributed by atoms with Crippen molar-refractivity contribution in [2.45, 2.75) is 52.2 Å². The molecule has 7 heteroatoms. The van der Waals surface area contributed by atoms with Crippen molar-refractivity contribution in [1.29, 1.82) is 0 Å². The van der Waals surface area contributed by atoms with Crippen molar-refractivity contribution in [3.05, 3.63) is 38.9 Å². The highest BCUT2D eigenvalue weighted by atomic mass is 35.5. The van der Waals surface area contributed by atoms with Crippen LogP contribution in [0.15, 0.2) is 18.6 Å². The zero-order valence-electron chi connectivity index (χ0n) is 15.2. The van der Waals surface area contributed by atoms with E-state index in [9.17, 15) is 9.90 Å². The molecule has 2 aromatic heterocycles. The molecule has 0 bridgehead atoms. The van der Waals surface area contributed by atoms with E-state index >= 15 is 0 Å². The summed E-state index contributed by atoms with van der Waals surface area (Å²) < 4.78 is 0.435. The Bertz CT molecular complexity index is 793. The molecule has 3 rings (SSSR count). The van der Waals surface area contributed by atoms with E-state index in [1.807, 2.05) is 0 Å². The molecule has 2 aromatic rings. The quantitative estimate of drug-likeness (QED) is 0.695. The standard InChI is InChI=1S/C19H24ClN3O2S/c1-4-12-6-13(5-10(12)2)23-19-15(8-21-9-22-19)17(25)16-7-14(11(3)24)18(20)26-16/h7-13,24H,4-6H2,1-3H3,(H,21,22,23)/t10-,11?,12-,13-/m0/s1. The Morgan fingerprint density at radius 1 is 1.50 bits per heavy atom. The Morgan fingerprint density at radius 3 is 2.88 bits per heavy atom. The lowest BCUT2D eigenvalue weighted by Crippen LogP contribution is -2.19. The molecule has 26 heavy (non-hydrogen) atoms. The maximum Gasteiger partial charge on any atom is 0.208 e. The monoisotopic (exact) mass is 393 g/mol. The van der Waals surface area contributed by atoms with Crippen molar-refractivity contribution in [3.63, 3.8) is 0 Å². The molecule has 0 aliphatic heterocycles. The predicted molar refractivity (Wildman–Crippen MR) is 105 cm³/mol. The van der Waals surface area contributed by atoms with Crippen molar-refractivity contribution in [2.24, 2.45) is 11.8 Å². The summed E-state index contributed by atoms with van der Waals surface area (Å²) in [5, 5.41) is 13.2. The topological polar surface area (TPSA) is 75.1 Å². The molecule has 2 N–H and O–H groups in total. The Balaban J connectivity index is 1.83. The number of carbonyl (C=O) groups excluding carboxylic acids is 1. The molecule has 0 radical (unpaired) electrons. The van der Waals surface area contributed by atoms with Gasteiger partial charge in [-0.15, -0.1) is 11.3 Å². The fourth-order valence-corrected chi connectivity index (χ4v) is 5.13. The van der Waals surface area contributed by atoms with Gasteiger partial charge in [0.15, 0.2) is 0 Å². The SMILES string of the molecule is CC[C@H]1C[C@@H](Nc2ncncc2C(=O)c2cc(C(C)O)c(Cl)s2)C[C@@H]1C. The van der Waals surface area contributed by atoms with Gasteiger partial charge >= 0.3 is 0 Å². The third-order valence-corrected chi connectivity index (χ3v) is 6.65. The van der Waals surface area contributed by atoms with Crippen molar-refractivity contribution in [2.75, 3.05) is 5.32 Å². The van der Waals surface area contributed by atoms with E-state index in [-0.39, 0.29) is 5.78 Å². The number of aliphatic hydroxyl groups excluding tert-OH is 1. The summed E-state index contributed by atoms with van der Waals surface area (Å²) in [7, 11) is 0. The summed E-state index contributed by atoms with van der Waals surface area (Å²) in [6.07, 6.45) is 5.63. The summed E-state index contributed by atoms with van der Waals surface area (Å²) in [6, 6.07) is 1.97. The molecule has 0 spiro atoms. The second-order valence-corrected chi connectivity index (χ2v) is 8.74. The number of halogens is 1. The van der Waals surface area contributed by atoms with E-state index in [4.69, 9.17) is 11.6 Å². The number of hydrogen-bond donors (Lipinski definition) is 2. The summed E-state index contributed by atoms with van der Waals surface area (Å²) in [4.78, 5) is 21.8. The Morgan fingerprint density at radius 2 is 2.27 bits per heavy atom. The van der Waals surface area contributed by atoms with Crippen LogP contribution in [0.5, 0.6) is 0 Å². The molecule has 1 fully saturated rings.